The van der Waals surface area contributed by atoms with Gasteiger partial charge in [-0.25, -0.2) is 4.90 Å². The van der Waals surface area contributed by atoms with Gasteiger partial charge >= 0.3 is 0 Å². The second kappa shape index (κ2) is 5.08. The molecule has 0 saturated carbocycles. The minimum absolute atomic E-state index is 0.255. The summed E-state index contributed by atoms with van der Waals surface area (Å²) in [6, 6.07) is 15.5. The van der Waals surface area contributed by atoms with E-state index in [1.165, 1.54) is 6.07 Å². The maximum absolute atomic E-state index is 12.9. The molecule has 0 bridgehead atoms. The van der Waals surface area contributed by atoms with Gasteiger partial charge < -0.3 is 0 Å². The van der Waals surface area contributed by atoms with Crippen molar-refractivity contribution in [2.24, 2.45) is 0 Å². The molecule has 3 aromatic rings. The molecule has 0 unspecified atom stereocenters. The molecular weight excluding hydrogens is 333 g/mol. The second-order valence-corrected chi connectivity index (χ2v) is 6.09. The van der Waals surface area contributed by atoms with Gasteiger partial charge in [0.05, 0.1) is 10.7 Å². The fourth-order valence-corrected chi connectivity index (χ4v) is 3.40. The van der Waals surface area contributed by atoms with Gasteiger partial charge in [-0.05, 0) is 35.7 Å². The Morgan fingerprint density at radius 2 is 1.39 bits per heavy atom. The van der Waals surface area contributed by atoms with Crippen molar-refractivity contribution in [3.63, 3.8) is 0 Å². The number of halogens is 2. The van der Waals surface area contributed by atoms with Crippen molar-refractivity contribution < 1.29 is 9.59 Å². The summed E-state index contributed by atoms with van der Waals surface area (Å²) < 4.78 is 0. The zero-order chi connectivity index (χ0) is 16.1. The molecule has 0 radical (unpaired) electrons. The van der Waals surface area contributed by atoms with Gasteiger partial charge in [-0.15, -0.1) is 0 Å². The zero-order valence-corrected chi connectivity index (χ0v) is 13.2. The highest BCUT2D eigenvalue weighted by Gasteiger charge is 2.34. The van der Waals surface area contributed by atoms with E-state index in [0.717, 1.165) is 10.3 Å². The summed E-state index contributed by atoms with van der Waals surface area (Å²) >= 11 is 12.1. The Labute approximate surface area is 142 Å². The Bertz CT molecular complexity index is 947. The minimum atomic E-state index is -0.386. The molecular formula is C18H9Cl2NO2. The molecule has 1 heterocycles. The van der Waals surface area contributed by atoms with Crippen LogP contribution in [0.3, 0.4) is 0 Å². The number of rotatable bonds is 1. The number of nitrogens with zero attached hydrogens (tertiary/aromatic N) is 1. The predicted molar refractivity (Wildman–Crippen MR) is 91.6 cm³/mol. The number of carbonyl (C=O) groups is 2. The standard InChI is InChI=1S/C18H9Cl2NO2/c19-11-7-8-15(14(20)9-11)21-17(22)12-5-1-3-10-4-2-6-13(16(10)12)18(21)23/h1-9H. The first kappa shape index (κ1) is 14.2. The quantitative estimate of drug-likeness (QED) is 0.587. The van der Waals surface area contributed by atoms with Crippen LogP contribution in [0.25, 0.3) is 10.8 Å². The fourth-order valence-electron chi connectivity index (χ4n) is 2.91. The molecule has 0 saturated heterocycles. The van der Waals surface area contributed by atoms with Gasteiger partial charge in [-0.2, -0.15) is 0 Å². The SMILES string of the molecule is O=C1c2cccc3cccc(c23)C(=O)N1c1ccc(Cl)cc1Cl. The lowest BCUT2D eigenvalue weighted by Crippen LogP contribution is -2.40. The fraction of sp³-hybridized carbons (Fsp3) is 0. The third-order valence-corrected chi connectivity index (χ3v) is 4.46. The van der Waals surface area contributed by atoms with Crippen LogP contribution in [0.4, 0.5) is 5.69 Å². The van der Waals surface area contributed by atoms with Crippen LogP contribution >= 0.6 is 23.2 Å². The maximum Gasteiger partial charge on any atom is 0.266 e. The summed E-state index contributed by atoms with van der Waals surface area (Å²) in [5.41, 5.74) is 1.31. The average Bonchev–Trinajstić information content (AvgIpc) is 2.54. The molecule has 3 nitrogen and oxygen atoms in total. The summed E-state index contributed by atoms with van der Waals surface area (Å²) in [6.45, 7) is 0. The number of anilines is 1. The molecule has 3 aromatic carbocycles. The predicted octanol–water partition coefficient (Wildman–Crippen LogP) is 4.95. The van der Waals surface area contributed by atoms with Gasteiger partial charge in [0.15, 0.2) is 0 Å². The molecule has 5 heteroatoms. The zero-order valence-electron chi connectivity index (χ0n) is 11.7. The Morgan fingerprint density at radius 3 is 1.96 bits per heavy atom. The van der Waals surface area contributed by atoms with Crippen LogP contribution < -0.4 is 4.90 Å². The van der Waals surface area contributed by atoms with Crippen molar-refractivity contribution in [3.8, 4) is 0 Å². The van der Waals surface area contributed by atoms with Gasteiger partial charge in [0.2, 0.25) is 0 Å². The highest BCUT2D eigenvalue weighted by Crippen LogP contribution is 2.36. The van der Waals surface area contributed by atoms with Crippen LogP contribution in [0.15, 0.2) is 54.6 Å². The van der Waals surface area contributed by atoms with Gasteiger partial charge in [-0.1, -0.05) is 47.5 Å². The smallest absolute Gasteiger partial charge is 0.266 e. The molecule has 4 rings (SSSR count). The number of hydrogen-bond donors (Lipinski definition) is 0. The highest BCUT2D eigenvalue weighted by molar-refractivity contribution is 6.41. The van der Waals surface area contributed by atoms with Crippen molar-refractivity contribution >= 4 is 51.5 Å². The third kappa shape index (κ3) is 2.05. The highest BCUT2D eigenvalue weighted by atomic mass is 35.5. The van der Waals surface area contributed by atoms with E-state index in [2.05, 4.69) is 0 Å². The molecule has 112 valence electrons. The minimum Gasteiger partial charge on any atom is -0.268 e. The van der Waals surface area contributed by atoms with Crippen LogP contribution in [0.2, 0.25) is 10.0 Å². The summed E-state index contributed by atoms with van der Waals surface area (Å²) in [4.78, 5) is 26.8. The number of benzene rings is 3. The number of imide groups is 1. The first-order chi connectivity index (χ1) is 11.1. The lowest BCUT2D eigenvalue weighted by molar-refractivity contribution is 0.0893. The Kier molecular flexibility index (Phi) is 3.15. The van der Waals surface area contributed by atoms with E-state index in [-0.39, 0.29) is 16.8 Å². The topological polar surface area (TPSA) is 37.4 Å². The van der Waals surface area contributed by atoms with E-state index in [0.29, 0.717) is 27.2 Å². The van der Waals surface area contributed by atoms with Gasteiger partial charge in [0, 0.05) is 21.5 Å². The number of hydrogen-bond acceptors (Lipinski definition) is 2. The van der Waals surface area contributed by atoms with Crippen LogP contribution in [-0.4, -0.2) is 11.8 Å². The Hall–Kier alpha value is -2.36. The molecule has 0 atom stereocenters. The maximum atomic E-state index is 12.9. The van der Waals surface area contributed by atoms with Crippen molar-refractivity contribution in [2.75, 3.05) is 4.90 Å². The van der Waals surface area contributed by atoms with Crippen molar-refractivity contribution in [2.45, 2.75) is 0 Å². The second-order valence-electron chi connectivity index (χ2n) is 5.25. The van der Waals surface area contributed by atoms with E-state index < -0.39 is 0 Å². The van der Waals surface area contributed by atoms with Gasteiger partial charge in [-0.3, -0.25) is 9.59 Å². The molecule has 0 fully saturated rings. The molecule has 0 spiro atoms. The largest absolute Gasteiger partial charge is 0.268 e. The summed E-state index contributed by atoms with van der Waals surface area (Å²) in [5, 5.41) is 2.25. The summed E-state index contributed by atoms with van der Waals surface area (Å²) in [6.07, 6.45) is 0. The third-order valence-electron chi connectivity index (χ3n) is 3.92. The Balaban J connectivity index is 1.99. The normalized spacial score (nSPS) is 13.7. The lowest BCUT2D eigenvalue weighted by Gasteiger charge is -2.27. The first-order valence-electron chi connectivity index (χ1n) is 6.93. The van der Waals surface area contributed by atoms with Gasteiger partial charge in [0.25, 0.3) is 11.8 Å². The van der Waals surface area contributed by atoms with Crippen LogP contribution in [0, 0.1) is 0 Å². The van der Waals surface area contributed by atoms with E-state index in [4.69, 9.17) is 23.2 Å². The molecule has 2 amide bonds. The first-order valence-corrected chi connectivity index (χ1v) is 7.69. The van der Waals surface area contributed by atoms with Crippen molar-refractivity contribution in [1.29, 1.82) is 0 Å². The van der Waals surface area contributed by atoms with E-state index >= 15 is 0 Å². The summed E-state index contributed by atoms with van der Waals surface area (Å²) in [7, 11) is 0. The number of carbonyl (C=O) groups excluding carboxylic acids is 2. The molecule has 0 N–H and O–H groups in total. The van der Waals surface area contributed by atoms with E-state index in [9.17, 15) is 9.59 Å². The van der Waals surface area contributed by atoms with Crippen LogP contribution in [-0.2, 0) is 0 Å². The average molecular weight is 342 g/mol. The molecule has 0 aliphatic carbocycles. The molecule has 1 aliphatic rings. The lowest BCUT2D eigenvalue weighted by atomic mass is 9.94. The summed E-state index contributed by atoms with van der Waals surface area (Å²) in [5.74, 6) is -0.771. The van der Waals surface area contributed by atoms with Crippen molar-refractivity contribution in [1.82, 2.24) is 0 Å². The van der Waals surface area contributed by atoms with Crippen LogP contribution in [0.1, 0.15) is 20.7 Å². The molecule has 23 heavy (non-hydrogen) atoms. The van der Waals surface area contributed by atoms with Gasteiger partial charge in [0.1, 0.15) is 0 Å². The molecule has 0 aromatic heterocycles. The van der Waals surface area contributed by atoms with Crippen molar-refractivity contribution in [3.05, 3.63) is 75.8 Å². The van der Waals surface area contributed by atoms with Crippen LogP contribution in [0.5, 0.6) is 0 Å². The van der Waals surface area contributed by atoms with E-state index in [1.54, 1.807) is 36.4 Å². The monoisotopic (exact) mass is 341 g/mol. The molecule has 1 aliphatic heterocycles. The Morgan fingerprint density at radius 1 is 0.783 bits per heavy atom. The number of amides is 2. The van der Waals surface area contributed by atoms with E-state index in [1.807, 2.05) is 12.1 Å².